The molecule has 4 aliphatic rings. The number of rotatable bonds is 10. The molecule has 36 heavy (non-hydrogen) atoms. The highest BCUT2D eigenvalue weighted by molar-refractivity contribution is 5.95. The fraction of sp³-hybridized carbons (Fsp3) is 0.824. The quantitative estimate of drug-likeness (QED) is 0.214. The van der Waals surface area contributed by atoms with Crippen molar-refractivity contribution in [3.8, 4) is 0 Å². The van der Waals surface area contributed by atoms with Gasteiger partial charge < -0.3 is 0 Å². The zero-order chi connectivity index (χ0) is 25.9. The molecule has 0 aromatic carbocycles. The van der Waals surface area contributed by atoms with Crippen LogP contribution in [0, 0.1) is 52.3 Å². The minimum atomic E-state index is 0.447. The lowest BCUT2D eigenvalue weighted by Gasteiger charge is -2.58. The first-order valence-electron chi connectivity index (χ1n) is 15.6. The molecule has 3 saturated carbocycles. The second-order valence-corrected chi connectivity index (χ2v) is 14.1. The summed E-state index contributed by atoms with van der Waals surface area (Å²) in [5.74, 6) is 6.25. The van der Waals surface area contributed by atoms with E-state index in [0.29, 0.717) is 10.8 Å². The molecule has 0 aromatic rings. The van der Waals surface area contributed by atoms with Crippen molar-refractivity contribution in [1.29, 1.82) is 0 Å². The third kappa shape index (κ3) is 5.49. The molecule has 4 aliphatic carbocycles. The van der Waals surface area contributed by atoms with Gasteiger partial charge in [0.2, 0.25) is 0 Å². The SMILES string of the molecule is C=N/C=C\C(CC1CCC2(C)C(=CCC3C2CCC2(C)C(C(C)CCCC(C)C)CCC32)C1)=NCC. The highest BCUT2D eigenvalue weighted by atomic mass is 14.7. The van der Waals surface area contributed by atoms with Gasteiger partial charge in [0.15, 0.2) is 0 Å². The fourth-order valence-electron chi connectivity index (χ4n) is 9.76. The maximum atomic E-state index is 4.76. The molecule has 0 aromatic heterocycles. The first-order valence-corrected chi connectivity index (χ1v) is 15.6. The molecule has 0 heterocycles. The number of fused-ring (bicyclic) bond motifs is 5. The third-order valence-electron chi connectivity index (χ3n) is 11.6. The molecule has 0 spiro atoms. The first-order chi connectivity index (χ1) is 17.2. The Morgan fingerprint density at radius 3 is 2.61 bits per heavy atom. The van der Waals surface area contributed by atoms with Gasteiger partial charge in [-0.25, -0.2) is 0 Å². The molecule has 4 rings (SSSR count). The van der Waals surface area contributed by atoms with Gasteiger partial charge in [-0.3, -0.25) is 9.98 Å². The Bertz CT molecular complexity index is 849. The molecular formula is C34H56N2. The van der Waals surface area contributed by atoms with Crippen LogP contribution in [-0.2, 0) is 0 Å². The summed E-state index contributed by atoms with van der Waals surface area (Å²) >= 11 is 0. The van der Waals surface area contributed by atoms with Crippen molar-refractivity contribution in [2.45, 2.75) is 119 Å². The Kier molecular flexibility index (Phi) is 9.04. The second-order valence-electron chi connectivity index (χ2n) is 14.1. The Morgan fingerprint density at radius 2 is 1.89 bits per heavy atom. The zero-order valence-corrected chi connectivity index (χ0v) is 24.6. The van der Waals surface area contributed by atoms with Crippen molar-refractivity contribution in [3.05, 3.63) is 23.9 Å². The van der Waals surface area contributed by atoms with E-state index in [1.54, 1.807) is 0 Å². The van der Waals surface area contributed by atoms with Crippen molar-refractivity contribution >= 4 is 12.4 Å². The van der Waals surface area contributed by atoms with Crippen molar-refractivity contribution in [2.24, 2.45) is 62.2 Å². The predicted molar refractivity (Wildman–Crippen MR) is 158 cm³/mol. The van der Waals surface area contributed by atoms with Crippen molar-refractivity contribution < 1.29 is 0 Å². The Labute approximate surface area is 223 Å². The highest BCUT2D eigenvalue weighted by Gasteiger charge is 2.59. The summed E-state index contributed by atoms with van der Waals surface area (Å²) < 4.78 is 0. The molecule has 0 bridgehead atoms. The number of allylic oxidation sites excluding steroid dienone is 3. The van der Waals surface area contributed by atoms with Crippen LogP contribution in [0.4, 0.5) is 0 Å². The van der Waals surface area contributed by atoms with E-state index in [1.165, 1.54) is 76.3 Å². The standard InChI is InChI=1S/C34H56N2/c1-8-36-28(18-21-35-7)23-26-16-19-33(5)27(22-26)12-13-29-31-15-14-30(25(4)11-9-10-24(2)3)34(31,6)20-17-32(29)33/h12,18,21,24-26,29-32H,7-11,13-17,19-20,22-23H2,1-6H3/b21-18-,36-28?. The monoisotopic (exact) mass is 492 g/mol. The number of hydrogen-bond donors (Lipinski definition) is 0. The van der Waals surface area contributed by atoms with Gasteiger partial charge in [-0.05, 0) is 130 Å². The molecule has 0 aliphatic heterocycles. The molecule has 3 fully saturated rings. The molecule has 8 atom stereocenters. The van der Waals surface area contributed by atoms with Gasteiger partial charge in [-0.1, -0.05) is 65.5 Å². The minimum absolute atomic E-state index is 0.447. The Hall–Kier alpha value is -1.18. The van der Waals surface area contributed by atoms with Crippen LogP contribution >= 0.6 is 0 Å². The van der Waals surface area contributed by atoms with E-state index in [1.807, 2.05) is 11.8 Å². The van der Waals surface area contributed by atoms with Crippen LogP contribution in [0.5, 0.6) is 0 Å². The summed E-state index contributed by atoms with van der Waals surface area (Å²) in [7, 11) is 0. The van der Waals surface area contributed by atoms with Crippen LogP contribution in [0.1, 0.15) is 119 Å². The molecule has 0 amide bonds. The summed E-state index contributed by atoms with van der Waals surface area (Å²) in [6.07, 6.45) is 23.3. The molecular weight excluding hydrogens is 436 g/mol. The smallest absolute Gasteiger partial charge is 0.0366 e. The van der Waals surface area contributed by atoms with E-state index >= 15 is 0 Å². The predicted octanol–water partition coefficient (Wildman–Crippen LogP) is 9.71. The molecule has 202 valence electrons. The van der Waals surface area contributed by atoms with Gasteiger partial charge in [0.05, 0.1) is 0 Å². The van der Waals surface area contributed by atoms with E-state index in [2.05, 4.69) is 65.4 Å². The van der Waals surface area contributed by atoms with Gasteiger partial charge in [0.1, 0.15) is 0 Å². The zero-order valence-electron chi connectivity index (χ0n) is 24.6. The summed E-state index contributed by atoms with van der Waals surface area (Å²) in [4.78, 5) is 8.68. The van der Waals surface area contributed by atoms with Crippen LogP contribution in [-0.4, -0.2) is 19.0 Å². The lowest BCUT2D eigenvalue weighted by molar-refractivity contribution is -0.0525. The van der Waals surface area contributed by atoms with Crippen molar-refractivity contribution in [2.75, 3.05) is 6.54 Å². The normalized spacial score (nSPS) is 39.5. The lowest BCUT2D eigenvalue weighted by atomic mass is 9.46. The topological polar surface area (TPSA) is 24.7 Å². The van der Waals surface area contributed by atoms with E-state index < -0.39 is 0 Å². The van der Waals surface area contributed by atoms with E-state index in [4.69, 9.17) is 4.99 Å². The summed E-state index contributed by atoms with van der Waals surface area (Å²) in [6, 6.07) is 0. The van der Waals surface area contributed by atoms with Gasteiger partial charge in [-0.15, -0.1) is 0 Å². The molecule has 8 unspecified atom stereocenters. The van der Waals surface area contributed by atoms with E-state index in [9.17, 15) is 0 Å². The largest absolute Gasteiger partial charge is 0.290 e. The fourth-order valence-corrected chi connectivity index (χ4v) is 9.76. The molecule has 0 radical (unpaired) electrons. The highest BCUT2D eigenvalue weighted by Crippen LogP contribution is 2.67. The van der Waals surface area contributed by atoms with Crippen LogP contribution in [0.3, 0.4) is 0 Å². The van der Waals surface area contributed by atoms with Crippen LogP contribution < -0.4 is 0 Å². The van der Waals surface area contributed by atoms with Gasteiger partial charge in [0, 0.05) is 18.5 Å². The van der Waals surface area contributed by atoms with Crippen LogP contribution in [0.15, 0.2) is 33.9 Å². The molecule has 2 nitrogen and oxygen atoms in total. The molecule has 0 N–H and O–H groups in total. The lowest BCUT2D eigenvalue weighted by Crippen LogP contribution is -2.50. The third-order valence-corrected chi connectivity index (χ3v) is 11.6. The van der Waals surface area contributed by atoms with E-state index in [0.717, 1.165) is 54.4 Å². The Morgan fingerprint density at radius 1 is 1.08 bits per heavy atom. The number of nitrogens with zero attached hydrogens (tertiary/aromatic N) is 2. The van der Waals surface area contributed by atoms with Crippen molar-refractivity contribution in [1.82, 2.24) is 0 Å². The Balaban J connectivity index is 1.44. The summed E-state index contributed by atoms with van der Waals surface area (Å²) in [5.41, 5.74) is 4.05. The number of hydrogen-bond acceptors (Lipinski definition) is 2. The molecule has 0 saturated heterocycles. The first kappa shape index (κ1) is 27.8. The van der Waals surface area contributed by atoms with Crippen molar-refractivity contribution in [3.63, 3.8) is 0 Å². The van der Waals surface area contributed by atoms with Gasteiger partial charge >= 0.3 is 0 Å². The van der Waals surface area contributed by atoms with Gasteiger partial charge in [0.25, 0.3) is 0 Å². The summed E-state index contributed by atoms with van der Waals surface area (Å²) in [5, 5.41) is 0. The summed E-state index contributed by atoms with van der Waals surface area (Å²) in [6.45, 7) is 19.3. The van der Waals surface area contributed by atoms with E-state index in [-0.39, 0.29) is 0 Å². The van der Waals surface area contributed by atoms with Crippen LogP contribution in [0.2, 0.25) is 0 Å². The van der Waals surface area contributed by atoms with Gasteiger partial charge in [-0.2, -0.15) is 0 Å². The maximum absolute atomic E-state index is 4.76. The average molecular weight is 493 g/mol. The van der Waals surface area contributed by atoms with Crippen LogP contribution in [0.25, 0.3) is 0 Å². The second kappa shape index (κ2) is 11.7. The average Bonchev–Trinajstić information content (AvgIpc) is 3.20. The number of aliphatic imine (C=N–C) groups is 2. The maximum Gasteiger partial charge on any atom is 0.0366 e. The molecule has 2 heteroatoms. The minimum Gasteiger partial charge on any atom is -0.290 e.